The van der Waals surface area contributed by atoms with Gasteiger partial charge in [-0.1, -0.05) is 12.1 Å². The number of fused-ring (bicyclic) bond motifs is 1. The lowest BCUT2D eigenvalue weighted by Crippen LogP contribution is -2.47. The van der Waals surface area contributed by atoms with Gasteiger partial charge in [-0.15, -0.1) is 0 Å². The van der Waals surface area contributed by atoms with Crippen molar-refractivity contribution in [1.82, 2.24) is 19.8 Å². The predicted molar refractivity (Wildman–Crippen MR) is 100 cm³/mol. The van der Waals surface area contributed by atoms with Crippen molar-refractivity contribution in [3.05, 3.63) is 65.4 Å². The van der Waals surface area contributed by atoms with Crippen LogP contribution in [0, 0.1) is 5.82 Å². The van der Waals surface area contributed by atoms with Crippen molar-refractivity contribution < 1.29 is 19.1 Å². The van der Waals surface area contributed by atoms with Crippen LogP contribution in [0.15, 0.2) is 42.7 Å². The molecule has 1 aliphatic heterocycles. The van der Waals surface area contributed by atoms with Gasteiger partial charge in [-0.05, 0) is 29.3 Å². The zero-order valence-corrected chi connectivity index (χ0v) is 15.1. The summed E-state index contributed by atoms with van der Waals surface area (Å²) in [5, 5.41) is 12.9. The van der Waals surface area contributed by atoms with E-state index in [-0.39, 0.29) is 17.4 Å². The second kappa shape index (κ2) is 7.40. The highest BCUT2D eigenvalue weighted by Crippen LogP contribution is 2.24. The van der Waals surface area contributed by atoms with Crippen molar-refractivity contribution in [1.29, 1.82) is 0 Å². The quantitative estimate of drug-likeness (QED) is 0.703. The Hall–Kier alpha value is -3.26. The Kier molecular flexibility index (Phi) is 4.79. The lowest BCUT2D eigenvalue weighted by Gasteiger charge is -2.26. The molecule has 1 aliphatic rings. The Morgan fingerprint density at radius 2 is 2.04 bits per heavy atom. The fourth-order valence-electron chi connectivity index (χ4n) is 3.49. The molecule has 0 aliphatic carbocycles. The van der Waals surface area contributed by atoms with E-state index in [0.717, 1.165) is 28.6 Å². The molecule has 7 nitrogen and oxygen atoms in total. The first-order valence-electron chi connectivity index (χ1n) is 8.94. The zero-order valence-electron chi connectivity index (χ0n) is 15.1. The number of hydrogen-bond donors (Lipinski definition) is 2. The number of carbonyl (C=O) groups is 2. The SMILES string of the molecule is O=C1CN(Cc2cn(Cc3ccc(F)cc3)c3cnc(C(=O)O)cc23)CCN1. The van der Waals surface area contributed by atoms with E-state index >= 15 is 0 Å². The average molecular weight is 382 g/mol. The topological polar surface area (TPSA) is 87.5 Å². The van der Waals surface area contributed by atoms with Crippen LogP contribution < -0.4 is 5.32 Å². The first kappa shape index (κ1) is 18.1. The summed E-state index contributed by atoms with van der Waals surface area (Å²) < 4.78 is 15.2. The Morgan fingerprint density at radius 1 is 1.25 bits per heavy atom. The smallest absolute Gasteiger partial charge is 0.354 e. The molecule has 8 heteroatoms. The number of carboxylic acid groups (broad SMARTS) is 1. The summed E-state index contributed by atoms with van der Waals surface area (Å²) in [6, 6.07) is 7.83. The lowest BCUT2D eigenvalue weighted by atomic mass is 10.1. The number of hydrogen-bond acceptors (Lipinski definition) is 4. The van der Waals surface area contributed by atoms with Crippen molar-refractivity contribution in [2.75, 3.05) is 19.6 Å². The number of pyridine rings is 1. The maximum absolute atomic E-state index is 13.2. The summed E-state index contributed by atoms with van der Waals surface area (Å²) in [6.45, 7) is 2.67. The number of halogens is 1. The number of nitrogens with zero attached hydrogens (tertiary/aromatic N) is 3. The first-order valence-corrected chi connectivity index (χ1v) is 8.94. The summed E-state index contributed by atoms with van der Waals surface area (Å²) in [5.41, 5.74) is 2.62. The molecule has 4 rings (SSSR count). The van der Waals surface area contributed by atoms with Crippen molar-refractivity contribution in [2.45, 2.75) is 13.1 Å². The number of carbonyl (C=O) groups excluding carboxylic acids is 1. The molecule has 3 heterocycles. The van der Waals surface area contributed by atoms with E-state index in [2.05, 4.69) is 10.3 Å². The van der Waals surface area contributed by atoms with Gasteiger partial charge in [-0.2, -0.15) is 0 Å². The molecule has 0 bridgehead atoms. The fourth-order valence-corrected chi connectivity index (χ4v) is 3.49. The number of rotatable bonds is 5. The molecule has 0 atom stereocenters. The monoisotopic (exact) mass is 382 g/mol. The van der Waals surface area contributed by atoms with E-state index in [1.54, 1.807) is 24.4 Å². The number of aromatic nitrogens is 2. The van der Waals surface area contributed by atoms with E-state index in [1.165, 1.54) is 12.1 Å². The molecule has 144 valence electrons. The minimum atomic E-state index is -1.09. The van der Waals surface area contributed by atoms with Crippen LogP contribution in [0.4, 0.5) is 4.39 Å². The molecule has 2 N–H and O–H groups in total. The summed E-state index contributed by atoms with van der Waals surface area (Å²) in [6.07, 6.45) is 3.50. The summed E-state index contributed by atoms with van der Waals surface area (Å²) in [5.74, 6) is -1.40. The van der Waals surface area contributed by atoms with Gasteiger partial charge in [-0.25, -0.2) is 14.2 Å². The minimum Gasteiger partial charge on any atom is -0.477 e. The third-order valence-electron chi connectivity index (χ3n) is 4.85. The Labute approximate surface area is 160 Å². The molecule has 0 spiro atoms. The van der Waals surface area contributed by atoms with Gasteiger partial charge in [0.05, 0.1) is 18.3 Å². The number of nitrogens with one attached hydrogen (secondary N) is 1. The fraction of sp³-hybridized carbons (Fsp3) is 0.250. The maximum Gasteiger partial charge on any atom is 0.354 e. The second-order valence-corrected chi connectivity index (χ2v) is 6.86. The van der Waals surface area contributed by atoms with Gasteiger partial charge >= 0.3 is 5.97 Å². The molecule has 1 amide bonds. The van der Waals surface area contributed by atoms with Gasteiger partial charge in [0.25, 0.3) is 0 Å². The third-order valence-corrected chi connectivity index (χ3v) is 4.85. The van der Waals surface area contributed by atoms with E-state index in [1.807, 2.05) is 15.7 Å². The highest BCUT2D eigenvalue weighted by Gasteiger charge is 2.19. The zero-order chi connectivity index (χ0) is 19.7. The van der Waals surface area contributed by atoms with Gasteiger partial charge < -0.3 is 15.0 Å². The Balaban J connectivity index is 1.71. The number of amides is 1. The normalized spacial score (nSPS) is 15.0. The standard InChI is InChI=1S/C20H19FN4O3/c21-15-3-1-13(2-4-15)9-25-11-14(10-24-6-5-22-19(26)12-24)16-7-17(20(27)28)23-8-18(16)25/h1-4,7-8,11H,5-6,9-10,12H2,(H,22,26)(H,27,28). The van der Waals surface area contributed by atoms with Gasteiger partial charge in [0, 0.05) is 37.8 Å². The molecule has 2 aromatic heterocycles. The first-order chi connectivity index (χ1) is 13.5. The van der Waals surface area contributed by atoms with Crippen LogP contribution in [-0.4, -0.2) is 51.1 Å². The van der Waals surface area contributed by atoms with Crippen LogP contribution in [0.1, 0.15) is 21.6 Å². The van der Waals surface area contributed by atoms with Crippen molar-refractivity contribution >= 4 is 22.8 Å². The summed E-state index contributed by atoms with van der Waals surface area (Å²) in [4.78, 5) is 29.1. The third kappa shape index (κ3) is 3.72. The molecule has 1 saturated heterocycles. The molecule has 0 radical (unpaired) electrons. The van der Waals surface area contributed by atoms with E-state index < -0.39 is 5.97 Å². The molecule has 0 saturated carbocycles. The van der Waals surface area contributed by atoms with Crippen LogP contribution in [-0.2, 0) is 17.9 Å². The second-order valence-electron chi connectivity index (χ2n) is 6.86. The Morgan fingerprint density at radius 3 is 2.75 bits per heavy atom. The number of benzene rings is 1. The van der Waals surface area contributed by atoms with Gasteiger partial charge in [0.1, 0.15) is 11.5 Å². The van der Waals surface area contributed by atoms with E-state index in [9.17, 15) is 19.1 Å². The average Bonchev–Trinajstić information content (AvgIpc) is 3.00. The molecule has 1 aromatic carbocycles. The van der Waals surface area contributed by atoms with Gasteiger partial charge in [0.2, 0.25) is 5.91 Å². The largest absolute Gasteiger partial charge is 0.477 e. The van der Waals surface area contributed by atoms with Crippen LogP contribution in [0.5, 0.6) is 0 Å². The van der Waals surface area contributed by atoms with Crippen molar-refractivity contribution in [2.24, 2.45) is 0 Å². The van der Waals surface area contributed by atoms with Crippen LogP contribution >= 0.6 is 0 Å². The van der Waals surface area contributed by atoms with Gasteiger partial charge in [0.15, 0.2) is 0 Å². The predicted octanol–water partition coefficient (Wildman–Crippen LogP) is 1.85. The van der Waals surface area contributed by atoms with E-state index in [0.29, 0.717) is 26.2 Å². The highest BCUT2D eigenvalue weighted by molar-refractivity contribution is 5.92. The molecule has 3 aromatic rings. The molecule has 0 unspecified atom stereocenters. The molecule has 28 heavy (non-hydrogen) atoms. The van der Waals surface area contributed by atoms with Crippen molar-refractivity contribution in [3.63, 3.8) is 0 Å². The van der Waals surface area contributed by atoms with Gasteiger partial charge in [-0.3, -0.25) is 9.69 Å². The maximum atomic E-state index is 13.2. The minimum absolute atomic E-state index is 0.0193. The number of carboxylic acids is 1. The number of piperazine rings is 1. The molecular weight excluding hydrogens is 363 g/mol. The summed E-state index contributed by atoms with van der Waals surface area (Å²) in [7, 11) is 0. The highest BCUT2D eigenvalue weighted by atomic mass is 19.1. The summed E-state index contributed by atoms with van der Waals surface area (Å²) >= 11 is 0. The lowest BCUT2D eigenvalue weighted by molar-refractivity contribution is -0.124. The van der Waals surface area contributed by atoms with Crippen LogP contribution in [0.25, 0.3) is 10.9 Å². The molecule has 1 fully saturated rings. The Bertz CT molecular complexity index is 1050. The number of aromatic carboxylic acids is 1. The van der Waals surface area contributed by atoms with Crippen LogP contribution in [0.2, 0.25) is 0 Å². The van der Waals surface area contributed by atoms with E-state index in [4.69, 9.17) is 0 Å². The van der Waals surface area contributed by atoms with Crippen LogP contribution in [0.3, 0.4) is 0 Å². The molecular formula is C20H19FN4O3. The van der Waals surface area contributed by atoms with Crippen molar-refractivity contribution in [3.8, 4) is 0 Å².